The summed E-state index contributed by atoms with van der Waals surface area (Å²) < 4.78 is 13.3. The minimum atomic E-state index is -0.574. The van der Waals surface area contributed by atoms with Crippen molar-refractivity contribution in [2.75, 3.05) is 0 Å². The van der Waals surface area contributed by atoms with Crippen LogP contribution in [0.3, 0.4) is 0 Å². The van der Waals surface area contributed by atoms with E-state index >= 15 is 0 Å². The summed E-state index contributed by atoms with van der Waals surface area (Å²) in [5.41, 5.74) is 2.06. The fraction of sp³-hybridized carbons (Fsp3) is 0.188. The molecule has 0 N–H and O–H groups in total. The molecule has 19 heavy (non-hydrogen) atoms. The minimum absolute atomic E-state index is 0.0230. The van der Waals surface area contributed by atoms with Gasteiger partial charge < -0.3 is 0 Å². The maximum atomic E-state index is 13.3. The molecule has 0 aliphatic carbocycles. The van der Waals surface area contributed by atoms with E-state index in [9.17, 15) is 9.18 Å². The van der Waals surface area contributed by atoms with E-state index < -0.39 is 5.82 Å². The van der Waals surface area contributed by atoms with Crippen molar-refractivity contribution in [1.29, 1.82) is 0 Å². The molecular weight excluding hydrogens is 263 g/mol. The maximum absolute atomic E-state index is 13.3. The van der Waals surface area contributed by atoms with E-state index in [1.165, 1.54) is 23.8 Å². The number of ketones is 1. The number of benzene rings is 2. The van der Waals surface area contributed by atoms with Crippen LogP contribution in [-0.2, 0) is 6.42 Å². The minimum Gasteiger partial charge on any atom is -0.289 e. The molecule has 0 fully saturated rings. The molecule has 3 heteroatoms. The molecule has 0 saturated carbocycles. The van der Waals surface area contributed by atoms with Gasteiger partial charge in [0.05, 0.1) is 5.02 Å². The predicted molar refractivity (Wildman–Crippen MR) is 75.3 cm³/mol. The quantitative estimate of drug-likeness (QED) is 0.742. The van der Waals surface area contributed by atoms with E-state index in [1.54, 1.807) is 12.1 Å². The Kier molecular flexibility index (Phi) is 4.33. The van der Waals surface area contributed by atoms with Gasteiger partial charge in [0.15, 0.2) is 5.78 Å². The Hall–Kier alpha value is -1.67. The molecule has 0 spiro atoms. The zero-order chi connectivity index (χ0) is 13.8. The zero-order valence-corrected chi connectivity index (χ0v) is 11.4. The third-order valence-electron chi connectivity index (χ3n) is 2.94. The Bertz CT molecular complexity index is 590. The molecule has 2 aromatic rings. The van der Waals surface area contributed by atoms with E-state index in [2.05, 4.69) is 6.92 Å². The zero-order valence-electron chi connectivity index (χ0n) is 10.6. The molecule has 0 aromatic heterocycles. The highest BCUT2D eigenvalue weighted by molar-refractivity contribution is 6.30. The van der Waals surface area contributed by atoms with Crippen LogP contribution < -0.4 is 0 Å². The Labute approximate surface area is 117 Å². The highest BCUT2D eigenvalue weighted by atomic mass is 35.5. The van der Waals surface area contributed by atoms with Crippen LogP contribution in [0, 0.1) is 5.82 Å². The lowest BCUT2D eigenvalue weighted by molar-refractivity contribution is 0.103. The van der Waals surface area contributed by atoms with Gasteiger partial charge in [-0.3, -0.25) is 4.79 Å². The summed E-state index contributed by atoms with van der Waals surface area (Å²) >= 11 is 5.60. The molecule has 0 saturated heterocycles. The first-order valence-electron chi connectivity index (χ1n) is 6.20. The van der Waals surface area contributed by atoms with Gasteiger partial charge >= 0.3 is 0 Å². The summed E-state index contributed by atoms with van der Waals surface area (Å²) in [5, 5.41) is 0.0230. The molecule has 0 unspecified atom stereocenters. The maximum Gasteiger partial charge on any atom is 0.193 e. The normalized spacial score (nSPS) is 10.5. The van der Waals surface area contributed by atoms with E-state index in [0.29, 0.717) is 11.1 Å². The number of aryl methyl sites for hydroxylation is 1. The monoisotopic (exact) mass is 276 g/mol. The van der Waals surface area contributed by atoms with Gasteiger partial charge in [-0.2, -0.15) is 0 Å². The highest BCUT2D eigenvalue weighted by Gasteiger charge is 2.11. The molecule has 0 heterocycles. The van der Waals surface area contributed by atoms with Crippen molar-refractivity contribution in [2.45, 2.75) is 19.8 Å². The first kappa shape index (κ1) is 13.8. The lowest BCUT2D eigenvalue weighted by Crippen LogP contribution is -2.02. The summed E-state index contributed by atoms with van der Waals surface area (Å²) in [6, 6.07) is 11.5. The van der Waals surface area contributed by atoms with Gasteiger partial charge in [-0.25, -0.2) is 4.39 Å². The Morgan fingerprint density at radius 1 is 1.11 bits per heavy atom. The van der Waals surface area contributed by atoms with Crippen molar-refractivity contribution in [3.63, 3.8) is 0 Å². The van der Waals surface area contributed by atoms with Crippen molar-refractivity contribution in [1.82, 2.24) is 0 Å². The molecule has 2 rings (SSSR count). The molecular formula is C16H14ClFO. The second-order valence-electron chi connectivity index (χ2n) is 4.40. The van der Waals surface area contributed by atoms with Gasteiger partial charge in [0.2, 0.25) is 0 Å². The van der Waals surface area contributed by atoms with Crippen LogP contribution in [0.25, 0.3) is 0 Å². The van der Waals surface area contributed by atoms with Crippen LogP contribution in [0.2, 0.25) is 5.02 Å². The number of halogens is 2. The highest BCUT2D eigenvalue weighted by Crippen LogP contribution is 2.18. The summed E-state index contributed by atoms with van der Waals surface area (Å²) in [7, 11) is 0. The van der Waals surface area contributed by atoms with Crippen LogP contribution in [0.1, 0.15) is 34.8 Å². The SMILES string of the molecule is CCCc1ccc(C(=O)c2ccc(Cl)c(F)c2)cc1. The van der Waals surface area contributed by atoms with Crippen LogP contribution in [0.4, 0.5) is 4.39 Å². The number of carbonyl (C=O) groups excluding carboxylic acids is 1. The lowest BCUT2D eigenvalue weighted by Gasteiger charge is -2.04. The molecule has 0 aliphatic rings. The molecule has 0 radical (unpaired) electrons. The fourth-order valence-electron chi connectivity index (χ4n) is 1.92. The summed E-state index contributed by atoms with van der Waals surface area (Å²) in [6.45, 7) is 2.11. The third-order valence-corrected chi connectivity index (χ3v) is 3.24. The second-order valence-corrected chi connectivity index (χ2v) is 4.81. The van der Waals surface area contributed by atoms with Crippen LogP contribution in [-0.4, -0.2) is 5.78 Å². The second kappa shape index (κ2) is 5.98. The molecule has 0 bridgehead atoms. The Morgan fingerprint density at radius 3 is 2.32 bits per heavy atom. The lowest BCUT2D eigenvalue weighted by atomic mass is 10.0. The van der Waals surface area contributed by atoms with E-state index in [4.69, 9.17) is 11.6 Å². The smallest absolute Gasteiger partial charge is 0.193 e. The average molecular weight is 277 g/mol. The molecule has 0 atom stereocenters. The Balaban J connectivity index is 2.25. The van der Waals surface area contributed by atoms with Gasteiger partial charge in [-0.15, -0.1) is 0 Å². The van der Waals surface area contributed by atoms with E-state index in [0.717, 1.165) is 12.8 Å². The van der Waals surface area contributed by atoms with Gasteiger partial charge in [-0.1, -0.05) is 49.2 Å². The van der Waals surface area contributed by atoms with Gasteiger partial charge in [0, 0.05) is 11.1 Å². The van der Waals surface area contributed by atoms with Gasteiger partial charge in [0.25, 0.3) is 0 Å². The summed E-state index contributed by atoms with van der Waals surface area (Å²) in [6.07, 6.45) is 2.06. The van der Waals surface area contributed by atoms with Crippen LogP contribution in [0.15, 0.2) is 42.5 Å². The van der Waals surface area contributed by atoms with Crippen molar-refractivity contribution in [2.24, 2.45) is 0 Å². The predicted octanol–water partition coefficient (Wildman–Crippen LogP) is 4.66. The van der Waals surface area contributed by atoms with Crippen molar-refractivity contribution in [3.8, 4) is 0 Å². The fourth-order valence-corrected chi connectivity index (χ4v) is 2.03. The summed E-state index contributed by atoms with van der Waals surface area (Å²) in [5.74, 6) is -0.770. The van der Waals surface area contributed by atoms with Crippen molar-refractivity contribution >= 4 is 17.4 Å². The van der Waals surface area contributed by atoms with Crippen molar-refractivity contribution in [3.05, 3.63) is 70.0 Å². The van der Waals surface area contributed by atoms with E-state index in [1.807, 2.05) is 12.1 Å². The molecule has 98 valence electrons. The van der Waals surface area contributed by atoms with Crippen LogP contribution >= 0.6 is 11.6 Å². The van der Waals surface area contributed by atoms with Gasteiger partial charge in [0.1, 0.15) is 5.82 Å². The molecule has 0 amide bonds. The van der Waals surface area contributed by atoms with Crippen LogP contribution in [0.5, 0.6) is 0 Å². The number of carbonyl (C=O) groups is 1. The topological polar surface area (TPSA) is 17.1 Å². The number of rotatable bonds is 4. The Morgan fingerprint density at radius 2 is 1.74 bits per heavy atom. The first-order valence-corrected chi connectivity index (χ1v) is 6.58. The summed E-state index contributed by atoms with van der Waals surface area (Å²) in [4.78, 5) is 12.2. The third kappa shape index (κ3) is 3.21. The van der Waals surface area contributed by atoms with E-state index in [-0.39, 0.29) is 10.8 Å². The number of hydrogen-bond donors (Lipinski definition) is 0. The first-order chi connectivity index (χ1) is 9.11. The standard InChI is InChI=1S/C16H14ClFO/c1-2-3-11-4-6-12(7-5-11)16(19)13-8-9-14(17)15(18)10-13/h4-10H,2-3H2,1H3. The molecule has 2 aromatic carbocycles. The van der Waals surface area contributed by atoms with Gasteiger partial charge in [-0.05, 0) is 30.2 Å². The van der Waals surface area contributed by atoms with Crippen molar-refractivity contribution < 1.29 is 9.18 Å². The number of hydrogen-bond acceptors (Lipinski definition) is 1. The largest absolute Gasteiger partial charge is 0.289 e. The molecule has 0 aliphatic heterocycles. The average Bonchev–Trinajstić information content (AvgIpc) is 2.42. The molecule has 1 nitrogen and oxygen atoms in total.